The Morgan fingerprint density at radius 3 is 2.68 bits per heavy atom. The quantitative estimate of drug-likeness (QED) is 0.697. The number of rotatable bonds is 5. The van der Waals surface area contributed by atoms with Crippen molar-refractivity contribution in [3.8, 4) is 5.75 Å². The summed E-state index contributed by atoms with van der Waals surface area (Å²) in [5.41, 5.74) is 1.02. The van der Waals surface area contributed by atoms with Gasteiger partial charge in [0.25, 0.3) is 5.91 Å². The second kappa shape index (κ2) is 9.10. The van der Waals surface area contributed by atoms with Crippen LogP contribution in [0.15, 0.2) is 23.8 Å². The van der Waals surface area contributed by atoms with Crippen LogP contribution in [0.3, 0.4) is 0 Å². The number of carbonyl (C=O) groups is 3. The molecule has 1 saturated heterocycles. The molecule has 0 atom stereocenters. The van der Waals surface area contributed by atoms with Gasteiger partial charge in [0.1, 0.15) is 12.4 Å². The van der Waals surface area contributed by atoms with Gasteiger partial charge < -0.3 is 19.1 Å². The zero-order valence-corrected chi connectivity index (χ0v) is 16.4. The average Bonchev–Trinajstić information content (AvgIpc) is 2.71. The Morgan fingerprint density at radius 1 is 1.21 bits per heavy atom. The molecule has 1 aromatic carbocycles. The number of ether oxygens (including phenoxy) is 3. The molecular weight excluding hydrogens is 386 g/mol. The Morgan fingerprint density at radius 2 is 1.96 bits per heavy atom. The number of amides is 1. The van der Waals surface area contributed by atoms with Gasteiger partial charge in [0, 0.05) is 23.7 Å². The van der Waals surface area contributed by atoms with E-state index in [1.807, 2.05) is 0 Å². The molecule has 2 aliphatic rings. The van der Waals surface area contributed by atoms with Crippen LogP contribution in [0.2, 0.25) is 5.02 Å². The molecule has 1 fully saturated rings. The number of halogens is 1. The molecule has 1 aromatic rings. The van der Waals surface area contributed by atoms with Gasteiger partial charge in [0.05, 0.1) is 18.1 Å². The topological polar surface area (TPSA) is 82.1 Å². The van der Waals surface area contributed by atoms with E-state index in [9.17, 15) is 14.4 Å². The molecule has 0 bridgehead atoms. The first kappa shape index (κ1) is 20.2. The number of nitrogens with zero attached hydrogens (tertiary/aromatic N) is 1. The SMILES string of the molecule is CCOC(=O)C1CCN(C(=O)COC(=O)C2=Cc3cc(Cl)ccc3OC2)CC1. The summed E-state index contributed by atoms with van der Waals surface area (Å²) < 4.78 is 15.7. The molecule has 3 rings (SSSR count). The molecule has 8 heteroatoms. The summed E-state index contributed by atoms with van der Waals surface area (Å²) in [6, 6.07) is 5.14. The minimum Gasteiger partial charge on any atom is -0.488 e. The number of piperidine rings is 1. The van der Waals surface area contributed by atoms with Crippen LogP contribution in [-0.4, -0.2) is 55.7 Å². The summed E-state index contributed by atoms with van der Waals surface area (Å²) in [6.45, 7) is 2.74. The van der Waals surface area contributed by atoms with Crippen molar-refractivity contribution in [3.63, 3.8) is 0 Å². The van der Waals surface area contributed by atoms with Crippen molar-refractivity contribution >= 4 is 35.5 Å². The highest BCUT2D eigenvalue weighted by Gasteiger charge is 2.29. The highest BCUT2D eigenvalue weighted by molar-refractivity contribution is 6.30. The van der Waals surface area contributed by atoms with Crippen molar-refractivity contribution in [2.45, 2.75) is 19.8 Å². The van der Waals surface area contributed by atoms with Crippen molar-refractivity contribution in [2.24, 2.45) is 5.92 Å². The molecule has 2 aliphatic heterocycles. The van der Waals surface area contributed by atoms with E-state index >= 15 is 0 Å². The van der Waals surface area contributed by atoms with Gasteiger partial charge in [-0.2, -0.15) is 0 Å². The Balaban J connectivity index is 1.49. The lowest BCUT2D eigenvalue weighted by Crippen LogP contribution is -2.42. The summed E-state index contributed by atoms with van der Waals surface area (Å²) in [7, 11) is 0. The third kappa shape index (κ3) is 4.84. The van der Waals surface area contributed by atoms with Gasteiger partial charge in [-0.15, -0.1) is 0 Å². The van der Waals surface area contributed by atoms with E-state index in [0.717, 1.165) is 0 Å². The molecule has 0 saturated carbocycles. The fourth-order valence-electron chi connectivity index (χ4n) is 3.20. The molecule has 0 radical (unpaired) electrons. The van der Waals surface area contributed by atoms with Crippen LogP contribution in [0, 0.1) is 5.92 Å². The molecule has 0 unspecified atom stereocenters. The Hall–Kier alpha value is -2.54. The van der Waals surface area contributed by atoms with E-state index in [2.05, 4.69) is 0 Å². The van der Waals surface area contributed by atoms with Crippen LogP contribution in [-0.2, 0) is 23.9 Å². The summed E-state index contributed by atoms with van der Waals surface area (Å²) in [4.78, 5) is 37.9. The predicted octanol–water partition coefficient (Wildman–Crippen LogP) is 2.46. The third-order valence-corrected chi connectivity index (χ3v) is 4.98. The number of carbonyl (C=O) groups excluding carboxylic acids is 3. The maximum Gasteiger partial charge on any atom is 0.338 e. The molecule has 0 N–H and O–H groups in total. The van der Waals surface area contributed by atoms with Crippen LogP contribution in [0.1, 0.15) is 25.3 Å². The molecule has 0 aliphatic carbocycles. The molecule has 1 amide bonds. The van der Waals surface area contributed by atoms with Gasteiger partial charge in [-0.1, -0.05) is 11.6 Å². The van der Waals surface area contributed by atoms with Crippen molar-refractivity contribution in [3.05, 3.63) is 34.4 Å². The highest BCUT2D eigenvalue weighted by Crippen LogP contribution is 2.29. The highest BCUT2D eigenvalue weighted by atomic mass is 35.5. The van der Waals surface area contributed by atoms with Crippen LogP contribution in [0.4, 0.5) is 0 Å². The number of hydrogen-bond acceptors (Lipinski definition) is 6. The van der Waals surface area contributed by atoms with E-state index in [0.29, 0.717) is 54.4 Å². The predicted molar refractivity (Wildman–Crippen MR) is 102 cm³/mol. The van der Waals surface area contributed by atoms with Crippen molar-refractivity contribution in [2.75, 3.05) is 32.9 Å². The van der Waals surface area contributed by atoms with Crippen molar-refractivity contribution in [1.82, 2.24) is 4.90 Å². The first-order valence-corrected chi connectivity index (χ1v) is 9.60. The minimum atomic E-state index is -0.597. The molecule has 0 spiro atoms. The Kier molecular flexibility index (Phi) is 6.57. The van der Waals surface area contributed by atoms with E-state index in [-0.39, 0.29) is 31.0 Å². The molecular formula is C20H22ClNO6. The van der Waals surface area contributed by atoms with E-state index in [1.54, 1.807) is 36.1 Å². The maximum absolute atomic E-state index is 12.3. The second-order valence-corrected chi connectivity index (χ2v) is 7.06. The number of benzene rings is 1. The van der Waals surface area contributed by atoms with Gasteiger partial charge in [-0.25, -0.2) is 4.79 Å². The van der Waals surface area contributed by atoms with Gasteiger partial charge in [0.15, 0.2) is 6.61 Å². The molecule has 28 heavy (non-hydrogen) atoms. The van der Waals surface area contributed by atoms with Gasteiger partial charge in [-0.3, -0.25) is 9.59 Å². The normalized spacial score (nSPS) is 16.5. The van der Waals surface area contributed by atoms with Gasteiger partial charge in [-0.05, 0) is 44.0 Å². The smallest absolute Gasteiger partial charge is 0.338 e. The molecule has 7 nitrogen and oxygen atoms in total. The molecule has 2 heterocycles. The zero-order chi connectivity index (χ0) is 20.1. The summed E-state index contributed by atoms with van der Waals surface area (Å²) in [5, 5.41) is 0.537. The average molecular weight is 408 g/mol. The fraction of sp³-hybridized carbons (Fsp3) is 0.450. The third-order valence-electron chi connectivity index (χ3n) is 4.74. The van der Waals surface area contributed by atoms with Crippen molar-refractivity contribution in [1.29, 1.82) is 0 Å². The lowest BCUT2D eigenvalue weighted by molar-refractivity contribution is -0.153. The van der Waals surface area contributed by atoms with E-state index in [1.165, 1.54) is 0 Å². The standard InChI is InChI=1S/C20H22ClNO6/c1-2-26-19(24)13-5-7-22(8-6-13)18(23)12-28-20(25)15-9-14-10-16(21)3-4-17(14)27-11-15/h3-4,9-10,13H,2,5-8,11-12H2,1H3. The lowest BCUT2D eigenvalue weighted by Gasteiger charge is -2.30. The second-order valence-electron chi connectivity index (χ2n) is 6.62. The first-order chi connectivity index (χ1) is 13.5. The van der Waals surface area contributed by atoms with Crippen LogP contribution in [0.5, 0.6) is 5.75 Å². The van der Waals surface area contributed by atoms with E-state index < -0.39 is 5.97 Å². The van der Waals surface area contributed by atoms with Crippen molar-refractivity contribution < 1.29 is 28.6 Å². The number of hydrogen-bond donors (Lipinski definition) is 0. The lowest BCUT2D eigenvalue weighted by atomic mass is 9.97. The van der Waals surface area contributed by atoms with Crippen LogP contribution in [0.25, 0.3) is 6.08 Å². The molecule has 150 valence electrons. The summed E-state index contributed by atoms with van der Waals surface area (Å²) in [5.74, 6) is -0.632. The van der Waals surface area contributed by atoms with E-state index in [4.69, 9.17) is 25.8 Å². The summed E-state index contributed by atoms with van der Waals surface area (Å²) >= 11 is 5.96. The number of fused-ring (bicyclic) bond motifs is 1. The van der Waals surface area contributed by atoms with Gasteiger partial charge >= 0.3 is 11.9 Å². The van der Waals surface area contributed by atoms with Crippen LogP contribution < -0.4 is 4.74 Å². The number of esters is 2. The first-order valence-electron chi connectivity index (χ1n) is 9.22. The van der Waals surface area contributed by atoms with Gasteiger partial charge in [0.2, 0.25) is 0 Å². The Bertz CT molecular complexity index is 798. The molecule has 0 aromatic heterocycles. The number of likely N-dealkylation sites (tertiary alicyclic amines) is 1. The monoisotopic (exact) mass is 407 g/mol. The zero-order valence-electron chi connectivity index (χ0n) is 15.6. The Labute approximate surface area is 168 Å². The summed E-state index contributed by atoms with van der Waals surface area (Å²) in [6.07, 6.45) is 2.76. The van der Waals surface area contributed by atoms with Crippen LogP contribution >= 0.6 is 11.6 Å². The minimum absolute atomic E-state index is 0.0760. The maximum atomic E-state index is 12.3. The largest absolute Gasteiger partial charge is 0.488 e. The fourth-order valence-corrected chi connectivity index (χ4v) is 3.38.